The molecule has 0 aromatic heterocycles. The number of amides is 1. The number of hydrogen-bond acceptors (Lipinski definition) is 4. The molecule has 20 heavy (non-hydrogen) atoms. The van der Waals surface area contributed by atoms with Gasteiger partial charge in [-0.2, -0.15) is 0 Å². The van der Waals surface area contributed by atoms with Crippen molar-refractivity contribution in [3.05, 3.63) is 0 Å². The molecule has 0 radical (unpaired) electrons. The molecule has 2 rings (SSSR count). The number of hydrogen-bond donors (Lipinski definition) is 3. The first kappa shape index (κ1) is 15.7. The summed E-state index contributed by atoms with van der Waals surface area (Å²) in [4.78, 5) is 12.4. The smallest absolute Gasteiger partial charge is 0.252 e. The Balaban J connectivity index is 1.80. The molecule has 0 bridgehead atoms. The fraction of sp³-hybridized carbons (Fsp3) is 0.933. The van der Waals surface area contributed by atoms with Crippen LogP contribution in [0.5, 0.6) is 0 Å². The quantitative estimate of drug-likeness (QED) is 0.699. The molecule has 0 spiro atoms. The molecule has 0 aromatic carbocycles. The van der Waals surface area contributed by atoms with Crippen molar-refractivity contribution < 1.29 is 14.6 Å². The minimum atomic E-state index is -0.711. The Labute approximate surface area is 121 Å². The topological polar surface area (TPSA) is 70.6 Å². The first-order chi connectivity index (χ1) is 9.68. The van der Waals surface area contributed by atoms with E-state index in [9.17, 15) is 9.90 Å². The van der Waals surface area contributed by atoms with Crippen molar-refractivity contribution >= 4 is 5.91 Å². The SMILES string of the molecule is COC1(C(=O)NCC(O)C2CCCCC2)CCNCC1. The average molecular weight is 284 g/mol. The van der Waals surface area contributed by atoms with Gasteiger partial charge in [-0.3, -0.25) is 4.79 Å². The number of piperidine rings is 1. The highest BCUT2D eigenvalue weighted by Crippen LogP contribution is 2.27. The molecule has 1 unspecified atom stereocenters. The first-order valence-electron chi connectivity index (χ1n) is 7.90. The van der Waals surface area contributed by atoms with E-state index in [0.29, 0.717) is 25.3 Å². The van der Waals surface area contributed by atoms with Gasteiger partial charge in [0.1, 0.15) is 5.60 Å². The summed E-state index contributed by atoms with van der Waals surface area (Å²) in [6.45, 7) is 1.95. The fourth-order valence-corrected chi connectivity index (χ4v) is 3.40. The van der Waals surface area contributed by atoms with Crippen molar-refractivity contribution in [3.63, 3.8) is 0 Å². The number of methoxy groups -OCH3 is 1. The van der Waals surface area contributed by atoms with E-state index in [1.165, 1.54) is 19.3 Å². The van der Waals surface area contributed by atoms with Crippen molar-refractivity contribution in [3.8, 4) is 0 Å². The first-order valence-corrected chi connectivity index (χ1v) is 7.90. The molecule has 1 saturated carbocycles. The van der Waals surface area contributed by atoms with Crippen LogP contribution in [0.15, 0.2) is 0 Å². The van der Waals surface area contributed by atoms with E-state index in [1.54, 1.807) is 7.11 Å². The number of carbonyl (C=O) groups is 1. The maximum atomic E-state index is 12.4. The van der Waals surface area contributed by atoms with E-state index in [-0.39, 0.29) is 5.91 Å². The number of rotatable bonds is 5. The molecule has 116 valence electrons. The number of aliphatic hydroxyl groups excluding tert-OH is 1. The van der Waals surface area contributed by atoms with Crippen LogP contribution in [0.25, 0.3) is 0 Å². The molecule has 1 aliphatic carbocycles. The Morgan fingerprint density at radius 2 is 2.00 bits per heavy atom. The third-order valence-corrected chi connectivity index (χ3v) is 4.88. The minimum absolute atomic E-state index is 0.0728. The van der Waals surface area contributed by atoms with E-state index in [4.69, 9.17) is 4.74 Å². The molecule has 0 aromatic rings. The van der Waals surface area contributed by atoms with Crippen molar-refractivity contribution in [1.29, 1.82) is 0 Å². The highest BCUT2D eigenvalue weighted by molar-refractivity contribution is 5.85. The van der Waals surface area contributed by atoms with Crippen LogP contribution in [-0.2, 0) is 9.53 Å². The summed E-state index contributed by atoms with van der Waals surface area (Å²) < 4.78 is 5.48. The highest BCUT2D eigenvalue weighted by atomic mass is 16.5. The molecule has 5 heteroatoms. The molecule has 5 nitrogen and oxygen atoms in total. The lowest BCUT2D eigenvalue weighted by molar-refractivity contribution is -0.147. The lowest BCUT2D eigenvalue weighted by Crippen LogP contribution is -2.55. The Hall–Kier alpha value is -0.650. The Morgan fingerprint density at radius 3 is 2.60 bits per heavy atom. The second-order valence-corrected chi connectivity index (χ2v) is 6.12. The van der Waals surface area contributed by atoms with Crippen LogP contribution in [0.3, 0.4) is 0 Å². The number of nitrogens with one attached hydrogen (secondary N) is 2. The van der Waals surface area contributed by atoms with Crippen LogP contribution >= 0.6 is 0 Å². The standard InChI is InChI=1S/C15H28N2O3/c1-20-15(7-9-16-10-8-15)14(19)17-11-13(18)12-5-3-2-4-6-12/h12-13,16,18H,2-11H2,1H3,(H,17,19). The Bertz CT molecular complexity index is 310. The van der Waals surface area contributed by atoms with Gasteiger partial charge in [0.05, 0.1) is 6.10 Å². The summed E-state index contributed by atoms with van der Waals surface area (Å²) in [7, 11) is 1.60. The van der Waals surface area contributed by atoms with Gasteiger partial charge in [-0.25, -0.2) is 0 Å². The predicted molar refractivity (Wildman–Crippen MR) is 77.4 cm³/mol. The summed E-state index contributed by atoms with van der Waals surface area (Å²) in [5, 5.41) is 16.3. The van der Waals surface area contributed by atoms with Crippen LogP contribution in [0.1, 0.15) is 44.9 Å². The van der Waals surface area contributed by atoms with Gasteiger partial charge in [0.25, 0.3) is 5.91 Å². The zero-order valence-corrected chi connectivity index (χ0v) is 12.5. The summed E-state index contributed by atoms with van der Waals surface area (Å²) >= 11 is 0. The molecule has 1 atom stereocenters. The Kier molecular flexibility index (Phi) is 5.81. The highest BCUT2D eigenvalue weighted by Gasteiger charge is 2.39. The average Bonchev–Trinajstić information content (AvgIpc) is 2.53. The largest absolute Gasteiger partial charge is 0.391 e. The maximum Gasteiger partial charge on any atom is 0.252 e. The number of ether oxygens (including phenoxy) is 1. The zero-order valence-electron chi connectivity index (χ0n) is 12.5. The van der Waals surface area contributed by atoms with Gasteiger partial charge in [-0.15, -0.1) is 0 Å². The molecule has 1 saturated heterocycles. The van der Waals surface area contributed by atoms with Crippen molar-refractivity contribution in [2.75, 3.05) is 26.7 Å². The summed E-state index contributed by atoms with van der Waals surface area (Å²) in [6, 6.07) is 0. The van der Waals surface area contributed by atoms with Crippen LogP contribution < -0.4 is 10.6 Å². The van der Waals surface area contributed by atoms with Crippen LogP contribution in [0.4, 0.5) is 0 Å². The third kappa shape index (κ3) is 3.71. The van der Waals surface area contributed by atoms with E-state index in [1.807, 2.05) is 0 Å². The summed E-state index contributed by atoms with van der Waals surface area (Å²) in [6.07, 6.45) is 6.79. The molecule has 1 heterocycles. The van der Waals surface area contributed by atoms with E-state index in [2.05, 4.69) is 10.6 Å². The Morgan fingerprint density at radius 1 is 1.35 bits per heavy atom. The van der Waals surface area contributed by atoms with Crippen molar-refractivity contribution in [2.45, 2.75) is 56.7 Å². The van der Waals surface area contributed by atoms with Crippen LogP contribution in [0, 0.1) is 5.92 Å². The van der Waals surface area contributed by atoms with Crippen molar-refractivity contribution in [1.82, 2.24) is 10.6 Å². The normalized spacial score (nSPS) is 25.1. The zero-order chi connectivity index (χ0) is 14.4. The van der Waals surface area contributed by atoms with Gasteiger partial charge in [0.15, 0.2) is 0 Å². The predicted octanol–water partition coefficient (Wildman–Crippen LogP) is 0.812. The van der Waals surface area contributed by atoms with E-state index in [0.717, 1.165) is 25.9 Å². The van der Waals surface area contributed by atoms with Crippen molar-refractivity contribution in [2.24, 2.45) is 5.92 Å². The second-order valence-electron chi connectivity index (χ2n) is 6.12. The summed E-state index contributed by atoms with van der Waals surface area (Å²) in [5.74, 6) is 0.270. The molecular formula is C15H28N2O3. The van der Waals surface area contributed by atoms with Crippen LogP contribution in [-0.4, -0.2) is 49.5 Å². The van der Waals surface area contributed by atoms with Gasteiger partial charge < -0.3 is 20.5 Å². The number of carbonyl (C=O) groups excluding carboxylic acids is 1. The van der Waals surface area contributed by atoms with Gasteiger partial charge in [0.2, 0.25) is 0 Å². The van der Waals surface area contributed by atoms with E-state index >= 15 is 0 Å². The lowest BCUT2D eigenvalue weighted by atomic mass is 9.85. The van der Waals surface area contributed by atoms with E-state index < -0.39 is 11.7 Å². The van der Waals surface area contributed by atoms with Gasteiger partial charge in [-0.05, 0) is 44.7 Å². The fourth-order valence-electron chi connectivity index (χ4n) is 3.40. The molecule has 1 amide bonds. The molecule has 2 aliphatic rings. The molecule has 2 fully saturated rings. The molecule has 1 aliphatic heterocycles. The number of aliphatic hydroxyl groups is 1. The maximum absolute atomic E-state index is 12.4. The summed E-state index contributed by atoms with van der Waals surface area (Å²) in [5.41, 5.74) is -0.711. The monoisotopic (exact) mass is 284 g/mol. The van der Waals surface area contributed by atoms with Gasteiger partial charge >= 0.3 is 0 Å². The van der Waals surface area contributed by atoms with Crippen LogP contribution in [0.2, 0.25) is 0 Å². The molecular weight excluding hydrogens is 256 g/mol. The third-order valence-electron chi connectivity index (χ3n) is 4.88. The lowest BCUT2D eigenvalue weighted by Gasteiger charge is -2.35. The second kappa shape index (κ2) is 7.38. The molecule has 3 N–H and O–H groups in total. The van der Waals surface area contributed by atoms with Gasteiger partial charge in [0, 0.05) is 13.7 Å². The minimum Gasteiger partial charge on any atom is -0.391 e. The van der Waals surface area contributed by atoms with Gasteiger partial charge in [-0.1, -0.05) is 19.3 Å².